The van der Waals surface area contributed by atoms with E-state index >= 15 is 0 Å². The molecular formula is C25H30N2O12. The van der Waals surface area contributed by atoms with Gasteiger partial charge < -0.3 is 43.7 Å². The van der Waals surface area contributed by atoms with Crippen LogP contribution >= 0.6 is 0 Å². The van der Waals surface area contributed by atoms with Gasteiger partial charge in [-0.1, -0.05) is 0 Å². The lowest BCUT2D eigenvalue weighted by Gasteiger charge is -2.35. The normalized spacial score (nSPS) is 28.0. The number of allylic oxidation sites excluding steroid dienone is 2. The molecule has 0 amide bonds. The highest BCUT2D eigenvalue weighted by molar-refractivity contribution is 6.08. The smallest absolute Gasteiger partial charge is 0.336 e. The molecule has 4 rings (SSSR count). The number of methoxy groups -OCH3 is 4. The average Bonchev–Trinajstić information content (AvgIpc) is 3.47. The summed E-state index contributed by atoms with van der Waals surface area (Å²) in [6, 6.07) is 3.19. The number of nitrogens with zero attached hydrogens (tertiary/aromatic N) is 1. The number of ether oxygens (including phenoxy) is 6. The van der Waals surface area contributed by atoms with Crippen LogP contribution < -0.4 is 19.5 Å². The first-order valence-corrected chi connectivity index (χ1v) is 11.9. The topological polar surface area (TPSA) is 174 Å². The number of rotatable bonds is 9. The minimum absolute atomic E-state index is 0.0317. The van der Waals surface area contributed by atoms with Crippen LogP contribution in [0.5, 0.6) is 17.2 Å². The maximum Gasteiger partial charge on any atom is 0.336 e. The summed E-state index contributed by atoms with van der Waals surface area (Å²) in [7, 11) is 5.51. The second-order valence-corrected chi connectivity index (χ2v) is 9.24. The Bertz CT molecular complexity index is 1230. The van der Waals surface area contributed by atoms with E-state index in [2.05, 4.69) is 10.2 Å². The Morgan fingerprint density at radius 2 is 1.67 bits per heavy atom. The van der Waals surface area contributed by atoms with Gasteiger partial charge in [0.15, 0.2) is 29.0 Å². The van der Waals surface area contributed by atoms with Gasteiger partial charge in [-0.05, 0) is 31.5 Å². The maximum atomic E-state index is 14.2. The van der Waals surface area contributed by atoms with Crippen molar-refractivity contribution in [2.45, 2.75) is 43.7 Å². The first-order chi connectivity index (χ1) is 18.5. The third-order valence-corrected chi connectivity index (χ3v) is 7.12. The summed E-state index contributed by atoms with van der Waals surface area (Å²) >= 11 is 0. The van der Waals surface area contributed by atoms with E-state index in [9.17, 15) is 24.8 Å². The summed E-state index contributed by atoms with van der Waals surface area (Å²) in [5.74, 6) is -1.70. The molecule has 0 spiro atoms. The van der Waals surface area contributed by atoms with Gasteiger partial charge in [-0.15, -0.1) is 10.1 Å². The first-order valence-electron chi connectivity index (χ1n) is 11.9. The van der Waals surface area contributed by atoms with E-state index in [0.717, 1.165) is 0 Å². The molecule has 3 aliphatic heterocycles. The monoisotopic (exact) mass is 550 g/mol. The van der Waals surface area contributed by atoms with Gasteiger partial charge in [-0.2, -0.15) is 0 Å². The Hall–Kier alpha value is -3.88. The molecule has 2 saturated heterocycles. The zero-order valence-corrected chi connectivity index (χ0v) is 22.3. The molecule has 1 unspecified atom stereocenters. The highest BCUT2D eigenvalue weighted by atomic mass is 17.0. The Labute approximate surface area is 223 Å². The molecule has 0 bridgehead atoms. The lowest BCUT2D eigenvalue weighted by Crippen LogP contribution is -2.53. The van der Waals surface area contributed by atoms with Gasteiger partial charge in [-0.25, -0.2) is 4.79 Å². The number of ketones is 1. The van der Waals surface area contributed by atoms with Gasteiger partial charge in [-0.3, -0.25) is 4.79 Å². The molecular weight excluding hydrogens is 520 g/mol. The van der Waals surface area contributed by atoms with Crippen LogP contribution in [-0.4, -0.2) is 87.5 Å². The maximum absolute atomic E-state index is 14.2. The molecule has 1 aromatic rings. The summed E-state index contributed by atoms with van der Waals surface area (Å²) < 4.78 is 32.6. The van der Waals surface area contributed by atoms with Crippen molar-refractivity contribution in [2.24, 2.45) is 0 Å². The van der Waals surface area contributed by atoms with E-state index in [0.29, 0.717) is 22.7 Å². The molecule has 0 aromatic heterocycles. The molecule has 3 heterocycles. The van der Waals surface area contributed by atoms with Crippen LogP contribution in [0.1, 0.15) is 25.3 Å². The van der Waals surface area contributed by atoms with Crippen LogP contribution in [0.25, 0.3) is 0 Å². The summed E-state index contributed by atoms with van der Waals surface area (Å²) in [5, 5.41) is 24.6. The largest absolute Gasteiger partial charge is 0.493 e. The standard InChI is InChI=1S/C25H30N2O12/c1-11-17(22(28)25(30)10-38-21-16(39-27(31)32)9-37-23(21)25)19(18(12(2)26-11)24(29)36-6)13-7-14(33-3)20(35-5)15(8-13)34-4/h7-8,16,19,21,23,26,30H,9-10H2,1-6H3/t16-,19?,21-,23+,25-/m1/s1. The van der Waals surface area contributed by atoms with Crippen molar-refractivity contribution in [3.8, 4) is 17.2 Å². The molecule has 1 aromatic carbocycles. The van der Waals surface area contributed by atoms with Gasteiger partial charge in [0.1, 0.15) is 12.2 Å². The van der Waals surface area contributed by atoms with E-state index in [4.69, 9.17) is 28.4 Å². The van der Waals surface area contributed by atoms with Gasteiger partial charge in [0.25, 0.3) is 5.09 Å². The fourth-order valence-electron chi connectivity index (χ4n) is 5.40. The number of fused-ring (bicyclic) bond motifs is 1. The van der Waals surface area contributed by atoms with Crippen LogP contribution in [-0.2, 0) is 28.6 Å². The molecule has 212 valence electrons. The molecule has 14 heteroatoms. The number of dihydropyridines is 1. The minimum atomic E-state index is -2.23. The van der Waals surface area contributed by atoms with Crippen molar-refractivity contribution >= 4 is 11.8 Å². The van der Waals surface area contributed by atoms with E-state index in [1.165, 1.54) is 28.4 Å². The van der Waals surface area contributed by atoms with Crippen molar-refractivity contribution in [2.75, 3.05) is 41.7 Å². The van der Waals surface area contributed by atoms with Crippen molar-refractivity contribution in [1.29, 1.82) is 0 Å². The first kappa shape index (κ1) is 28.1. The van der Waals surface area contributed by atoms with E-state index in [1.54, 1.807) is 26.0 Å². The zero-order valence-electron chi connectivity index (χ0n) is 22.3. The summed E-state index contributed by atoms with van der Waals surface area (Å²) in [6.07, 6.45) is -3.42. The third kappa shape index (κ3) is 4.64. The van der Waals surface area contributed by atoms with Gasteiger partial charge >= 0.3 is 5.97 Å². The zero-order chi connectivity index (χ0) is 28.6. The van der Waals surface area contributed by atoms with Gasteiger partial charge in [0.05, 0.1) is 47.2 Å². The number of benzene rings is 1. The number of nitrogens with one attached hydrogen (secondary N) is 1. The third-order valence-electron chi connectivity index (χ3n) is 7.12. The second kappa shape index (κ2) is 10.7. The number of carbonyl (C=O) groups excluding carboxylic acids is 2. The Kier molecular flexibility index (Phi) is 7.73. The van der Waals surface area contributed by atoms with Crippen LogP contribution in [0, 0.1) is 10.1 Å². The Morgan fingerprint density at radius 1 is 1.05 bits per heavy atom. The number of hydrogen-bond donors (Lipinski definition) is 2. The lowest BCUT2D eigenvalue weighted by atomic mass is 9.74. The molecule has 5 atom stereocenters. The molecule has 0 saturated carbocycles. The van der Waals surface area contributed by atoms with Crippen LogP contribution in [0.3, 0.4) is 0 Å². The second-order valence-electron chi connectivity index (χ2n) is 9.24. The van der Waals surface area contributed by atoms with Crippen LogP contribution in [0.2, 0.25) is 0 Å². The molecule has 0 aliphatic carbocycles. The highest BCUT2D eigenvalue weighted by Crippen LogP contribution is 2.48. The molecule has 2 fully saturated rings. The number of Topliss-reactive ketones (excluding diaryl/α,β-unsaturated/α-hetero) is 1. The summed E-state index contributed by atoms with van der Waals surface area (Å²) in [4.78, 5) is 42.8. The predicted molar refractivity (Wildman–Crippen MR) is 131 cm³/mol. The van der Waals surface area contributed by atoms with Crippen molar-refractivity contribution in [1.82, 2.24) is 5.32 Å². The van der Waals surface area contributed by atoms with E-state index < -0.39 is 53.3 Å². The van der Waals surface area contributed by atoms with Crippen molar-refractivity contribution in [3.05, 3.63) is 50.4 Å². The highest BCUT2D eigenvalue weighted by Gasteiger charge is 2.62. The van der Waals surface area contributed by atoms with E-state index in [-0.39, 0.29) is 29.3 Å². The van der Waals surface area contributed by atoms with Crippen LogP contribution in [0.4, 0.5) is 0 Å². The summed E-state index contributed by atoms with van der Waals surface area (Å²) in [6.45, 7) is 2.52. The number of hydrogen-bond acceptors (Lipinski definition) is 13. The average molecular weight is 551 g/mol. The SMILES string of the molecule is COC(=O)C1=C(C)NC(C)=C(C(=O)[C@]2(O)CO[C@@H]3[C@H](O[N+](=O)[O-])CO[C@@H]32)C1c1cc(OC)c(OC)c(OC)c1. The molecule has 2 N–H and O–H groups in total. The fraction of sp³-hybridized carbons (Fsp3) is 0.520. The van der Waals surface area contributed by atoms with Crippen molar-refractivity contribution < 1.29 is 53.0 Å². The molecule has 3 aliphatic rings. The van der Waals surface area contributed by atoms with E-state index in [1.807, 2.05) is 0 Å². The van der Waals surface area contributed by atoms with Gasteiger partial charge in [0.2, 0.25) is 5.75 Å². The molecule has 14 nitrogen and oxygen atoms in total. The number of aliphatic hydroxyl groups is 1. The summed E-state index contributed by atoms with van der Waals surface area (Å²) in [5.41, 5.74) is -0.890. The van der Waals surface area contributed by atoms with Gasteiger partial charge in [0, 0.05) is 22.9 Å². The van der Waals surface area contributed by atoms with Crippen LogP contribution in [0.15, 0.2) is 34.7 Å². The van der Waals surface area contributed by atoms with Crippen molar-refractivity contribution in [3.63, 3.8) is 0 Å². The molecule has 39 heavy (non-hydrogen) atoms. The number of carbonyl (C=O) groups is 2. The predicted octanol–water partition coefficient (Wildman–Crippen LogP) is 0.795. The number of esters is 1. The Balaban J connectivity index is 1.85. The minimum Gasteiger partial charge on any atom is -0.493 e. The molecule has 0 radical (unpaired) electrons. The lowest BCUT2D eigenvalue weighted by molar-refractivity contribution is -0.769. The quantitative estimate of drug-likeness (QED) is 0.251. The Morgan fingerprint density at radius 3 is 2.21 bits per heavy atom. The fourth-order valence-corrected chi connectivity index (χ4v) is 5.40.